The molecule has 1 heterocycles. The first-order chi connectivity index (χ1) is 9.74. The molecule has 0 saturated carbocycles. The second-order valence-corrected chi connectivity index (χ2v) is 4.31. The van der Waals surface area contributed by atoms with E-state index in [1.807, 2.05) is 26.0 Å². The highest BCUT2D eigenvalue weighted by molar-refractivity contribution is 5.76. The molecule has 0 atom stereocenters. The van der Waals surface area contributed by atoms with Crippen LogP contribution in [0.1, 0.15) is 28.5 Å². The summed E-state index contributed by atoms with van der Waals surface area (Å²) in [6.45, 7) is 4.76. The molecule has 0 unspecified atom stereocenters. The molecular weight excluding hydrogens is 254 g/mol. The number of nitrogens with zero attached hydrogens (tertiary/aromatic N) is 1. The Labute approximate surface area is 118 Å². The van der Waals surface area contributed by atoms with Gasteiger partial charge in [0.2, 0.25) is 0 Å². The molecule has 20 heavy (non-hydrogen) atoms. The minimum Gasteiger partial charge on any atom is -0.490 e. The van der Waals surface area contributed by atoms with E-state index in [-0.39, 0.29) is 0 Å². The van der Waals surface area contributed by atoms with Crippen molar-refractivity contribution in [3.05, 3.63) is 53.3 Å². The molecule has 0 aliphatic carbocycles. The zero-order valence-corrected chi connectivity index (χ0v) is 11.6. The van der Waals surface area contributed by atoms with Gasteiger partial charge in [0.25, 0.3) is 0 Å². The van der Waals surface area contributed by atoms with Crippen molar-refractivity contribution in [1.82, 2.24) is 4.98 Å². The molecule has 0 amide bonds. The fraction of sp³-hybridized carbons (Fsp3) is 0.250. The summed E-state index contributed by atoms with van der Waals surface area (Å²) in [7, 11) is 0. The SMILES string of the molecule is CCOc1cc(C=O)ccc1OCc1ncccc1C. The van der Waals surface area contributed by atoms with E-state index < -0.39 is 0 Å². The lowest BCUT2D eigenvalue weighted by Crippen LogP contribution is -2.03. The fourth-order valence-corrected chi connectivity index (χ4v) is 1.80. The number of aromatic nitrogens is 1. The molecule has 0 N–H and O–H groups in total. The van der Waals surface area contributed by atoms with E-state index in [0.717, 1.165) is 17.5 Å². The van der Waals surface area contributed by atoms with Crippen LogP contribution in [-0.4, -0.2) is 17.9 Å². The van der Waals surface area contributed by atoms with Crippen molar-refractivity contribution in [2.45, 2.75) is 20.5 Å². The van der Waals surface area contributed by atoms with Gasteiger partial charge in [0.05, 0.1) is 12.3 Å². The van der Waals surface area contributed by atoms with Crippen molar-refractivity contribution in [2.24, 2.45) is 0 Å². The van der Waals surface area contributed by atoms with E-state index in [2.05, 4.69) is 4.98 Å². The van der Waals surface area contributed by atoms with Crippen molar-refractivity contribution < 1.29 is 14.3 Å². The van der Waals surface area contributed by atoms with Crippen LogP contribution in [0.5, 0.6) is 11.5 Å². The van der Waals surface area contributed by atoms with Gasteiger partial charge in [-0.2, -0.15) is 0 Å². The Morgan fingerprint density at radius 3 is 2.75 bits per heavy atom. The first-order valence-corrected chi connectivity index (χ1v) is 6.50. The average Bonchev–Trinajstić information content (AvgIpc) is 2.47. The van der Waals surface area contributed by atoms with Crippen LogP contribution in [0.25, 0.3) is 0 Å². The maximum atomic E-state index is 10.8. The molecule has 0 aliphatic heterocycles. The minimum absolute atomic E-state index is 0.368. The van der Waals surface area contributed by atoms with E-state index >= 15 is 0 Å². The summed E-state index contributed by atoms with van der Waals surface area (Å²) in [6, 6.07) is 9.01. The highest BCUT2D eigenvalue weighted by Gasteiger charge is 2.08. The van der Waals surface area contributed by atoms with E-state index in [9.17, 15) is 4.79 Å². The van der Waals surface area contributed by atoms with Gasteiger partial charge in [0, 0.05) is 11.8 Å². The van der Waals surface area contributed by atoms with Gasteiger partial charge in [0.1, 0.15) is 12.9 Å². The molecule has 0 fully saturated rings. The Kier molecular flexibility index (Phi) is 4.71. The van der Waals surface area contributed by atoms with Gasteiger partial charge in [-0.3, -0.25) is 9.78 Å². The smallest absolute Gasteiger partial charge is 0.161 e. The second kappa shape index (κ2) is 6.70. The summed E-state index contributed by atoms with van der Waals surface area (Å²) in [4.78, 5) is 15.1. The first-order valence-electron chi connectivity index (χ1n) is 6.50. The lowest BCUT2D eigenvalue weighted by molar-refractivity contribution is 0.112. The van der Waals surface area contributed by atoms with Crippen LogP contribution in [-0.2, 0) is 6.61 Å². The third-order valence-corrected chi connectivity index (χ3v) is 2.89. The molecule has 0 aliphatic rings. The number of pyridine rings is 1. The highest BCUT2D eigenvalue weighted by Crippen LogP contribution is 2.28. The lowest BCUT2D eigenvalue weighted by atomic mass is 10.2. The van der Waals surface area contributed by atoms with Gasteiger partial charge in [0.15, 0.2) is 11.5 Å². The molecular formula is C16H17NO3. The Bertz CT molecular complexity index is 596. The number of carbonyl (C=O) groups excluding carboxylic acids is 1. The predicted octanol–water partition coefficient (Wildman–Crippen LogP) is 3.18. The topological polar surface area (TPSA) is 48.4 Å². The van der Waals surface area contributed by atoms with Crippen LogP contribution in [0.15, 0.2) is 36.5 Å². The number of hydrogen-bond acceptors (Lipinski definition) is 4. The normalized spacial score (nSPS) is 10.1. The Morgan fingerprint density at radius 2 is 2.05 bits per heavy atom. The summed E-state index contributed by atoms with van der Waals surface area (Å²) in [5, 5.41) is 0. The molecule has 2 aromatic rings. The second-order valence-electron chi connectivity index (χ2n) is 4.31. The van der Waals surface area contributed by atoms with Crippen molar-refractivity contribution in [3.63, 3.8) is 0 Å². The monoisotopic (exact) mass is 271 g/mol. The average molecular weight is 271 g/mol. The Hall–Kier alpha value is -2.36. The summed E-state index contributed by atoms with van der Waals surface area (Å²) in [5.41, 5.74) is 2.53. The number of ether oxygens (including phenoxy) is 2. The largest absolute Gasteiger partial charge is 0.490 e. The number of benzene rings is 1. The number of aryl methyl sites for hydroxylation is 1. The summed E-state index contributed by atoms with van der Waals surface area (Å²) in [5.74, 6) is 1.19. The molecule has 4 heteroatoms. The Balaban J connectivity index is 2.16. The summed E-state index contributed by atoms with van der Waals surface area (Å²) < 4.78 is 11.2. The quantitative estimate of drug-likeness (QED) is 0.757. The number of hydrogen-bond donors (Lipinski definition) is 0. The van der Waals surface area contributed by atoms with Gasteiger partial charge >= 0.3 is 0 Å². The van der Waals surface area contributed by atoms with Crippen LogP contribution >= 0.6 is 0 Å². The van der Waals surface area contributed by atoms with Crippen LogP contribution < -0.4 is 9.47 Å². The first kappa shape index (κ1) is 14.1. The predicted molar refractivity (Wildman–Crippen MR) is 76.3 cm³/mol. The van der Waals surface area contributed by atoms with Crippen LogP contribution in [0.3, 0.4) is 0 Å². The summed E-state index contributed by atoms with van der Waals surface area (Å²) >= 11 is 0. The van der Waals surface area contributed by atoms with E-state index in [1.165, 1.54) is 0 Å². The zero-order chi connectivity index (χ0) is 14.4. The zero-order valence-electron chi connectivity index (χ0n) is 11.6. The number of rotatable bonds is 6. The lowest BCUT2D eigenvalue weighted by Gasteiger charge is -2.12. The molecule has 4 nitrogen and oxygen atoms in total. The number of carbonyl (C=O) groups is 1. The van der Waals surface area contributed by atoms with Crippen LogP contribution in [0.2, 0.25) is 0 Å². The van der Waals surface area contributed by atoms with Crippen molar-refractivity contribution in [3.8, 4) is 11.5 Å². The van der Waals surface area contributed by atoms with E-state index in [0.29, 0.717) is 30.3 Å². The van der Waals surface area contributed by atoms with E-state index in [1.54, 1.807) is 24.4 Å². The van der Waals surface area contributed by atoms with Gasteiger partial charge in [-0.1, -0.05) is 6.07 Å². The standard InChI is InChI=1S/C16H17NO3/c1-3-19-16-9-13(10-18)6-7-15(16)20-11-14-12(2)5-4-8-17-14/h4-10H,3,11H2,1-2H3. The highest BCUT2D eigenvalue weighted by atomic mass is 16.5. The maximum Gasteiger partial charge on any atom is 0.161 e. The molecule has 1 aromatic carbocycles. The van der Waals surface area contributed by atoms with Crippen LogP contribution in [0, 0.1) is 6.92 Å². The fourth-order valence-electron chi connectivity index (χ4n) is 1.80. The summed E-state index contributed by atoms with van der Waals surface area (Å²) in [6.07, 6.45) is 2.53. The van der Waals surface area contributed by atoms with Crippen molar-refractivity contribution in [2.75, 3.05) is 6.61 Å². The van der Waals surface area contributed by atoms with Crippen molar-refractivity contribution in [1.29, 1.82) is 0 Å². The van der Waals surface area contributed by atoms with E-state index in [4.69, 9.17) is 9.47 Å². The Morgan fingerprint density at radius 1 is 1.20 bits per heavy atom. The van der Waals surface area contributed by atoms with Crippen LogP contribution in [0.4, 0.5) is 0 Å². The molecule has 0 bridgehead atoms. The molecule has 104 valence electrons. The van der Waals surface area contributed by atoms with Gasteiger partial charge in [-0.15, -0.1) is 0 Å². The van der Waals surface area contributed by atoms with Gasteiger partial charge in [-0.25, -0.2) is 0 Å². The third kappa shape index (κ3) is 3.35. The molecule has 0 spiro atoms. The minimum atomic E-state index is 0.368. The van der Waals surface area contributed by atoms with Crippen molar-refractivity contribution >= 4 is 6.29 Å². The molecule has 1 aromatic heterocycles. The van der Waals surface area contributed by atoms with Gasteiger partial charge in [-0.05, 0) is 43.7 Å². The third-order valence-electron chi connectivity index (χ3n) is 2.89. The molecule has 0 saturated heterocycles. The molecule has 2 rings (SSSR count). The van der Waals surface area contributed by atoms with Gasteiger partial charge < -0.3 is 9.47 Å². The maximum absolute atomic E-state index is 10.8. The number of aldehydes is 1. The molecule has 0 radical (unpaired) electrons.